The molecular weight excluding hydrogens is 458 g/mol. The van der Waals surface area contributed by atoms with E-state index in [0.717, 1.165) is 22.2 Å². The van der Waals surface area contributed by atoms with E-state index in [1.807, 2.05) is 36.4 Å². The van der Waals surface area contributed by atoms with Crippen molar-refractivity contribution < 1.29 is 19.4 Å². The number of methoxy groups -OCH3 is 1. The molecule has 0 saturated carbocycles. The molecule has 0 bridgehead atoms. The number of rotatable bonds is 8. The maximum absolute atomic E-state index is 12.1. The third-order valence-corrected chi connectivity index (χ3v) is 5.98. The second-order valence-electron chi connectivity index (χ2n) is 7.85. The number of imidazole rings is 1. The topological polar surface area (TPSA) is 94.7 Å². The number of benzene rings is 3. The van der Waals surface area contributed by atoms with Crippen molar-refractivity contribution >= 4 is 34.3 Å². The smallest absolute Gasteiger partial charge is 0.337 e. The SMILES string of the molecule is COc1cc(CNc2ccc(Cl)c(C(=O)O)c2)ccc1OCc1ccc2c(c1)n(C)c(=O)n2C. The van der Waals surface area contributed by atoms with E-state index >= 15 is 0 Å². The maximum atomic E-state index is 12.1. The summed E-state index contributed by atoms with van der Waals surface area (Å²) in [6, 6.07) is 16.2. The fraction of sp³-hybridized carbons (Fsp3) is 0.200. The molecule has 34 heavy (non-hydrogen) atoms. The van der Waals surface area contributed by atoms with Crippen LogP contribution in [0.15, 0.2) is 59.4 Å². The zero-order valence-electron chi connectivity index (χ0n) is 19.0. The lowest BCUT2D eigenvalue weighted by Gasteiger charge is -2.14. The zero-order chi connectivity index (χ0) is 24.4. The van der Waals surface area contributed by atoms with Gasteiger partial charge in [0, 0.05) is 26.3 Å². The maximum Gasteiger partial charge on any atom is 0.337 e. The summed E-state index contributed by atoms with van der Waals surface area (Å²) in [5.41, 5.74) is 4.18. The highest BCUT2D eigenvalue weighted by Gasteiger charge is 2.12. The molecule has 1 aromatic heterocycles. The Labute approximate surface area is 200 Å². The number of aromatic carboxylic acids is 1. The van der Waals surface area contributed by atoms with E-state index in [9.17, 15) is 14.7 Å². The first kappa shape index (κ1) is 23.3. The predicted molar refractivity (Wildman–Crippen MR) is 131 cm³/mol. The van der Waals surface area contributed by atoms with Crippen molar-refractivity contribution in [2.45, 2.75) is 13.2 Å². The average Bonchev–Trinajstić information content (AvgIpc) is 3.05. The molecular formula is C25H24ClN3O5. The summed E-state index contributed by atoms with van der Waals surface area (Å²) >= 11 is 5.93. The van der Waals surface area contributed by atoms with Gasteiger partial charge in [-0.2, -0.15) is 0 Å². The number of carbonyl (C=O) groups is 1. The molecule has 0 unspecified atom stereocenters. The van der Waals surface area contributed by atoms with Gasteiger partial charge in [-0.3, -0.25) is 9.13 Å². The van der Waals surface area contributed by atoms with Crippen LogP contribution in [0.2, 0.25) is 5.02 Å². The van der Waals surface area contributed by atoms with Gasteiger partial charge in [0.2, 0.25) is 0 Å². The second-order valence-corrected chi connectivity index (χ2v) is 8.26. The highest BCUT2D eigenvalue weighted by molar-refractivity contribution is 6.33. The molecule has 0 saturated heterocycles. The fourth-order valence-corrected chi connectivity index (χ4v) is 3.95. The minimum Gasteiger partial charge on any atom is -0.493 e. The van der Waals surface area contributed by atoms with Crippen LogP contribution in [0.1, 0.15) is 21.5 Å². The first-order chi connectivity index (χ1) is 16.3. The molecule has 4 aromatic rings. The van der Waals surface area contributed by atoms with Gasteiger partial charge in [0.25, 0.3) is 0 Å². The van der Waals surface area contributed by atoms with Crippen molar-refractivity contribution in [1.82, 2.24) is 9.13 Å². The van der Waals surface area contributed by atoms with Gasteiger partial charge in [-0.15, -0.1) is 0 Å². The van der Waals surface area contributed by atoms with E-state index in [1.54, 1.807) is 42.5 Å². The molecule has 0 spiro atoms. The summed E-state index contributed by atoms with van der Waals surface area (Å²) in [6.07, 6.45) is 0. The number of carboxylic acid groups (broad SMARTS) is 1. The number of ether oxygens (including phenoxy) is 2. The van der Waals surface area contributed by atoms with Crippen LogP contribution < -0.4 is 20.5 Å². The third kappa shape index (κ3) is 4.58. The Morgan fingerprint density at radius 3 is 2.44 bits per heavy atom. The lowest BCUT2D eigenvalue weighted by molar-refractivity contribution is 0.0697. The third-order valence-electron chi connectivity index (χ3n) is 5.65. The van der Waals surface area contributed by atoms with Crippen LogP contribution >= 0.6 is 11.6 Å². The molecule has 0 atom stereocenters. The quantitative estimate of drug-likeness (QED) is 0.386. The standard InChI is InChI=1S/C25H24ClN3O5/c1-28-20-8-4-16(10-21(20)29(2)25(28)32)14-34-22-9-5-15(11-23(22)33-3)13-27-17-6-7-19(26)18(12-17)24(30)31/h4-12,27H,13-14H2,1-3H3,(H,30,31). The molecule has 3 aromatic carbocycles. The van der Waals surface area contributed by atoms with Gasteiger partial charge >= 0.3 is 11.7 Å². The number of halogens is 1. The number of carboxylic acids is 1. The molecule has 0 fully saturated rings. The fourth-order valence-electron chi connectivity index (χ4n) is 3.75. The van der Waals surface area contributed by atoms with Gasteiger partial charge in [0.05, 0.1) is 28.7 Å². The minimum atomic E-state index is -1.08. The largest absolute Gasteiger partial charge is 0.493 e. The van der Waals surface area contributed by atoms with E-state index in [4.69, 9.17) is 21.1 Å². The molecule has 1 heterocycles. The highest BCUT2D eigenvalue weighted by Crippen LogP contribution is 2.30. The van der Waals surface area contributed by atoms with E-state index in [1.165, 1.54) is 6.07 Å². The van der Waals surface area contributed by atoms with Gasteiger partial charge < -0.3 is 19.9 Å². The van der Waals surface area contributed by atoms with E-state index in [0.29, 0.717) is 30.3 Å². The number of anilines is 1. The Morgan fingerprint density at radius 2 is 1.71 bits per heavy atom. The normalized spacial score (nSPS) is 10.9. The van der Waals surface area contributed by atoms with Crippen molar-refractivity contribution in [2.24, 2.45) is 14.1 Å². The molecule has 8 nitrogen and oxygen atoms in total. The first-order valence-corrected chi connectivity index (χ1v) is 10.9. The molecule has 176 valence electrons. The summed E-state index contributed by atoms with van der Waals surface area (Å²) in [6.45, 7) is 0.770. The second kappa shape index (κ2) is 9.52. The number of fused-ring (bicyclic) bond motifs is 1. The molecule has 2 N–H and O–H groups in total. The van der Waals surface area contributed by atoms with Crippen molar-refractivity contribution in [2.75, 3.05) is 12.4 Å². The molecule has 0 aliphatic carbocycles. The highest BCUT2D eigenvalue weighted by atomic mass is 35.5. The Hall–Kier alpha value is -3.91. The van der Waals surface area contributed by atoms with Crippen LogP contribution in [-0.4, -0.2) is 27.3 Å². The number of aromatic nitrogens is 2. The van der Waals surface area contributed by atoms with Gasteiger partial charge in [-0.25, -0.2) is 9.59 Å². The van der Waals surface area contributed by atoms with Crippen molar-refractivity contribution in [3.63, 3.8) is 0 Å². The number of nitrogens with zero attached hydrogens (tertiary/aromatic N) is 2. The number of hydrogen-bond donors (Lipinski definition) is 2. The Bertz CT molecular complexity index is 1440. The van der Waals surface area contributed by atoms with Gasteiger partial charge in [-0.05, 0) is 53.6 Å². The van der Waals surface area contributed by atoms with Crippen LogP contribution in [0.3, 0.4) is 0 Å². The predicted octanol–water partition coefficient (Wildman–Crippen LogP) is 4.43. The van der Waals surface area contributed by atoms with Crippen LogP contribution in [0, 0.1) is 0 Å². The van der Waals surface area contributed by atoms with Crippen LogP contribution in [0.5, 0.6) is 11.5 Å². The minimum absolute atomic E-state index is 0.0433. The monoisotopic (exact) mass is 481 g/mol. The summed E-state index contributed by atoms with van der Waals surface area (Å²) in [5, 5.41) is 12.6. The van der Waals surface area contributed by atoms with Gasteiger partial charge in [-0.1, -0.05) is 23.7 Å². The molecule has 0 aliphatic heterocycles. The molecule has 0 amide bonds. The first-order valence-electron chi connectivity index (χ1n) is 10.5. The number of aryl methyl sites for hydroxylation is 2. The summed E-state index contributed by atoms with van der Waals surface area (Å²) in [4.78, 5) is 23.4. The average molecular weight is 482 g/mol. The molecule has 0 radical (unpaired) electrons. The summed E-state index contributed by atoms with van der Waals surface area (Å²) in [7, 11) is 5.07. The van der Waals surface area contributed by atoms with Crippen molar-refractivity contribution in [3.05, 3.63) is 86.8 Å². The van der Waals surface area contributed by atoms with Crippen LogP contribution in [-0.2, 0) is 27.2 Å². The number of nitrogens with one attached hydrogen (secondary N) is 1. The Balaban J connectivity index is 1.46. The van der Waals surface area contributed by atoms with Crippen molar-refractivity contribution in [1.29, 1.82) is 0 Å². The molecule has 0 aliphatic rings. The van der Waals surface area contributed by atoms with Gasteiger partial charge in [0.15, 0.2) is 11.5 Å². The lowest BCUT2D eigenvalue weighted by atomic mass is 10.1. The van der Waals surface area contributed by atoms with E-state index in [-0.39, 0.29) is 16.3 Å². The zero-order valence-corrected chi connectivity index (χ0v) is 19.7. The summed E-state index contributed by atoms with van der Waals surface area (Å²) < 4.78 is 14.7. The summed E-state index contributed by atoms with van der Waals surface area (Å²) in [5.74, 6) is 0.0910. The molecule has 4 rings (SSSR count). The van der Waals surface area contributed by atoms with Crippen molar-refractivity contribution in [3.8, 4) is 11.5 Å². The lowest BCUT2D eigenvalue weighted by Crippen LogP contribution is -2.19. The van der Waals surface area contributed by atoms with Crippen LogP contribution in [0.25, 0.3) is 11.0 Å². The van der Waals surface area contributed by atoms with Gasteiger partial charge in [0.1, 0.15) is 6.61 Å². The Kier molecular flexibility index (Phi) is 6.51. The van der Waals surface area contributed by atoms with E-state index in [2.05, 4.69) is 5.32 Å². The Morgan fingerprint density at radius 1 is 0.971 bits per heavy atom. The van der Waals surface area contributed by atoms with E-state index < -0.39 is 5.97 Å². The molecule has 9 heteroatoms. The van der Waals surface area contributed by atoms with Crippen LogP contribution in [0.4, 0.5) is 5.69 Å². The number of hydrogen-bond acceptors (Lipinski definition) is 5.